The third kappa shape index (κ3) is 4.55. The lowest BCUT2D eigenvalue weighted by atomic mass is 9.99. The normalized spacial score (nSPS) is 11.6. The number of nitro benzene ring substituents is 1. The Balaban J connectivity index is 1.93. The number of hydrogen-bond donors (Lipinski definition) is 1. The van der Waals surface area contributed by atoms with Crippen LogP contribution in [0.1, 0.15) is 31.7 Å². The lowest BCUT2D eigenvalue weighted by Crippen LogP contribution is -2.20. The molecule has 1 atom stereocenters. The van der Waals surface area contributed by atoms with Crippen LogP contribution in [0.25, 0.3) is 0 Å². The number of anilines is 1. The Morgan fingerprint density at radius 2 is 1.88 bits per heavy atom. The third-order valence-corrected chi connectivity index (χ3v) is 3.80. The van der Waals surface area contributed by atoms with Crippen LogP contribution >= 0.6 is 0 Å². The summed E-state index contributed by atoms with van der Waals surface area (Å²) in [7, 11) is 0. The van der Waals surface area contributed by atoms with E-state index >= 15 is 0 Å². The Morgan fingerprint density at radius 1 is 1.21 bits per heavy atom. The number of nitrogens with one attached hydrogen (secondary N) is 1. The molecule has 24 heavy (non-hydrogen) atoms. The molecule has 126 valence electrons. The van der Waals surface area contributed by atoms with Gasteiger partial charge >= 0.3 is 5.69 Å². The number of carbonyl (C=O) groups is 1. The number of benzene rings is 2. The molecule has 2 rings (SSSR count). The standard InChI is InChI=1S/C18H20N2O4/c1-3-13(2)14-8-10-15(11-9-14)19-18(21)12-24-17-7-5-4-6-16(17)20(22)23/h4-11,13H,3,12H2,1-2H3,(H,19,21). The van der Waals surface area contributed by atoms with Crippen LogP contribution < -0.4 is 10.1 Å². The fraction of sp³-hybridized carbons (Fsp3) is 0.278. The van der Waals surface area contributed by atoms with Gasteiger partial charge in [0.25, 0.3) is 5.91 Å². The molecule has 6 nitrogen and oxygen atoms in total. The number of rotatable bonds is 7. The second-order valence-electron chi connectivity index (χ2n) is 5.49. The van der Waals surface area contributed by atoms with Crippen molar-refractivity contribution in [1.29, 1.82) is 0 Å². The minimum atomic E-state index is -0.541. The first kappa shape index (κ1) is 17.5. The van der Waals surface area contributed by atoms with Crippen molar-refractivity contribution in [2.45, 2.75) is 26.2 Å². The molecule has 2 aromatic carbocycles. The summed E-state index contributed by atoms with van der Waals surface area (Å²) in [6, 6.07) is 13.6. The maximum Gasteiger partial charge on any atom is 0.310 e. The van der Waals surface area contributed by atoms with Gasteiger partial charge in [0, 0.05) is 11.8 Å². The van der Waals surface area contributed by atoms with Gasteiger partial charge in [-0.15, -0.1) is 0 Å². The van der Waals surface area contributed by atoms with E-state index in [0.717, 1.165) is 6.42 Å². The minimum absolute atomic E-state index is 0.0739. The summed E-state index contributed by atoms with van der Waals surface area (Å²) in [6.07, 6.45) is 1.05. The highest BCUT2D eigenvalue weighted by Crippen LogP contribution is 2.25. The van der Waals surface area contributed by atoms with Gasteiger partial charge in [-0.25, -0.2) is 0 Å². The molecular formula is C18H20N2O4. The third-order valence-electron chi connectivity index (χ3n) is 3.80. The van der Waals surface area contributed by atoms with Crippen molar-refractivity contribution < 1.29 is 14.5 Å². The zero-order valence-electron chi connectivity index (χ0n) is 13.7. The largest absolute Gasteiger partial charge is 0.477 e. The Bertz CT molecular complexity index is 713. The van der Waals surface area contributed by atoms with Gasteiger partial charge in [0.1, 0.15) is 0 Å². The van der Waals surface area contributed by atoms with Gasteiger partial charge in [0.05, 0.1) is 4.92 Å². The van der Waals surface area contributed by atoms with Crippen LogP contribution in [-0.4, -0.2) is 17.4 Å². The Hall–Kier alpha value is -2.89. The number of nitro groups is 1. The zero-order valence-corrected chi connectivity index (χ0v) is 13.7. The molecule has 0 aromatic heterocycles. The first-order valence-corrected chi connectivity index (χ1v) is 7.77. The molecule has 0 aliphatic rings. The molecule has 0 aliphatic carbocycles. The molecular weight excluding hydrogens is 308 g/mol. The van der Waals surface area contributed by atoms with Gasteiger partial charge in [-0.3, -0.25) is 14.9 Å². The smallest absolute Gasteiger partial charge is 0.310 e. The van der Waals surface area contributed by atoms with E-state index in [1.807, 2.05) is 24.3 Å². The maximum atomic E-state index is 11.9. The number of carbonyl (C=O) groups excluding carboxylic acids is 1. The number of ether oxygens (including phenoxy) is 1. The predicted octanol–water partition coefficient (Wildman–Crippen LogP) is 4.13. The molecule has 0 bridgehead atoms. The highest BCUT2D eigenvalue weighted by atomic mass is 16.6. The van der Waals surface area contributed by atoms with Crippen molar-refractivity contribution in [3.05, 3.63) is 64.2 Å². The first-order chi connectivity index (χ1) is 11.5. The average molecular weight is 328 g/mol. The molecule has 1 unspecified atom stereocenters. The van der Waals surface area contributed by atoms with E-state index in [4.69, 9.17) is 4.74 Å². The fourth-order valence-electron chi connectivity index (χ4n) is 2.20. The summed E-state index contributed by atoms with van der Waals surface area (Å²) in [4.78, 5) is 22.3. The summed E-state index contributed by atoms with van der Waals surface area (Å²) >= 11 is 0. The average Bonchev–Trinajstić information content (AvgIpc) is 2.60. The number of hydrogen-bond acceptors (Lipinski definition) is 4. The second kappa shape index (κ2) is 8.10. The molecule has 0 saturated carbocycles. The molecule has 6 heteroatoms. The van der Waals surface area contributed by atoms with Crippen LogP contribution in [0, 0.1) is 10.1 Å². The predicted molar refractivity (Wildman–Crippen MR) is 92.4 cm³/mol. The summed E-state index contributed by atoms with van der Waals surface area (Å²) in [5, 5.41) is 13.6. The van der Waals surface area contributed by atoms with Crippen LogP contribution in [0.5, 0.6) is 5.75 Å². The van der Waals surface area contributed by atoms with E-state index in [0.29, 0.717) is 11.6 Å². The number of para-hydroxylation sites is 2. The van der Waals surface area contributed by atoms with E-state index < -0.39 is 4.92 Å². The van der Waals surface area contributed by atoms with Crippen LogP contribution in [0.4, 0.5) is 11.4 Å². The Morgan fingerprint density at radius 3 is 2.50 bits per heavy atom. The van der Waals surface area contributed by atoms with Crippen molar-refractivity contribution in [2.75, 3.05) is 11.9 Å². The lowest BCUT2D eigenvalue weighted by Gasteiger charge is -2.11. The Kier molecular flexibility index (Phi) is 5.89. The van der Waals surface area contributed by atoms with Crippen LogP contribution in [0.2, 0.25) is 0 Å². The van der Waals surface area contributed by atoms with Crippen molar-refractivity contribution in [2.24, 2.45) is 0 Å². The zero-order chi connectivity index (χ0) is 17.5. The molecule has 0 heterocycles. The molecule has 2 aromatic rings. The maximum absolute atomic E-state index is 11.9. The summed E-state index contributed by atoms with van der Waals surface area (Å²) in [5.74, 6) is 0.172. The first-order valence-electron chi connectivity index (χ1n) is 7.77. The Labute approximate surface area is 140 Å². The van der Waals surface area contributed by atoms with Crippen LogP contribution in [0.3, 0.4) is 0 Å². The van der Waals surface area contributed by atoms with Gasteiger partial charge < -0.3 is 10.1 Å². The summed E-state index contributed by atoms with van der Waals surface area (Å²) < 4.78 is 5.26. The quantitative estimate of drug-likeness (QED) is 0.612. The fourth-order valence-corrected chi connectivity index (χ4v) is 2.20. The van der Waals surface area contributed by atoms with Gasteiger partial charge in [0.2, 0.25) is 0 Å². The summed E-state index contributed by atoms with van der Waals surface area (Å²) in [6.45, 7) is 3.98. The van der Waals surface area contributed by atoms with E-state index in [2.05, 4.69) is 19.2 Å². The molecule has 1 amide bonds. The van der Waals surface area contributed by atoms with Gasteiger partial charge in [0.15, 0.2) is 12.4 Å². The van der Waals surface area contributed by atoms with Gasteiger partial charge in [-0.2, -0.15) is 0 Å². The number of amides is 1. The topological polar surface area (TPSA) is 81.5 Å². The van der Waals surface area contributed by atoms with E-state index in [1.54, 1.807) is 12.1 Å². The molecule has 0 radical (unpaired) electrons. The molecule has 0 aliphatic heterocycles. The van der Waals surface area contributed by atoms with Crippen molar-refractivity contribution >= 4 is 17.3 Å². The van der Waals surface area contributed by atoms with Crippen molar-refractivity contribution in [3.63, 3.8) is 0 Å². The van der Waals surface area contributed by atoms with Crippen molar-refractivity contribution in [3.8, 4) is 5.75 Å². The van der Waals surface area contributed by atoms with Crippen LogP contribution in [0.15, 0.2) is 48.5 Å². The highest BCUT2D eigenvalue weighted by Gasteiger charge is 2.15. The van der Waals surface area contributed by atoms with Gasteiger partial charge in [-0.1, -0.05) is 38.1 Å². The minimum Gasteiger partial charge on any atom is -0.477 e. The molecule has 0 spiro atoms. The van der Waals surface area contributed by atoms with Gasteiger partial charge in [-0.05, 0) is 36.1 Å². The number of nitrogens with zero attached hydrogens (tertiary/aromatic N) is 1. The molecule has 0 fully saturated rings. The summed E-state index contributed by atoms with van der Waals surface area (Å²) in [5.41, 5.74) is 1.72. The molecule has 0 saturated heterocycles. The second-order valence-corrected chi connectivity index (χ2v) is 5.49. The van der Waals surface area contributed by atoms with Crippen molar-refractivity contribution in [1.82, 2.24) is 0 Å². The van der Waals surface area contributed by atoms with Crippen LogP contribution in [-0.2, 0) is 4.79 Å². The monoisotopic (exact) mass is 328 g/mol. The van der Waals surface area contributed by atoms with E-state index in [9.17, 15) is 14.9 Å². The highest BCUT2D eigenvalue weighted by molar-refractivity contribution is 5.91. The van der Waals surface area contributed by atoms with E-state index in [-0.39, 0.29) is 24.0 Å². The molecule has 1 N–H and O–H groups in total. The van der Waals surface area contributed by atoms with E-state index in [1.165, 1.54) is 17.7 Å². The lowest BCUT2D eigenvalue weighted by molar-refractivity contribution is -0.385. The SMILES string of the molecule is CCC(C)c1ccc(NC(=O)COc2ccccc2[N+](=O)[O-])cc1.